The maximum atomic E-state index is 11.8. The highest BCUT2D eigenvalue weighted by Crippen LogP contribution is 2.08. The number of hydrogen-bond acceptors (Lipinski definition) is 2. The molecule has 122 valence electrons. The van der Waals surface area contributed by atoms with E-state index in [1.54, 1.807) is 11.8 Å². The first kappa shape index (κ1) is 18.2. The molecule has 1 rings (SSSR count). The van der Waals surface area contributed by atoms with Gasteiger partial charge >= 0.3 is 0 Å². The van der Waals surface area contributed by atoms with Gasteiger partial charge in [-0.15, -0.1) is 0 Å². The first-order chi connectivity index (χ1) is 10.4. The largest absolute Gasteiger partial charge is 0.356 e. The van der Waals surface area contributed by atoms with Crippen LogP contribution in [-0.2, 0) is 16.1 Å². The molecule has 0 aromatic heterocycles. The predicted octanol–water partition coefficient (Wildman–Crippen LogP) is 2.90. The van der Waals surface area contributed by atoms with Gasteiger partial charge in [0.25, 0.3) is 0 Å². The maximum Gasteiger partial charge on any atom is 0.221 e. The summed E-state index contributed by atoms with van der Waals surface area (Å²) in [7, 11) is 0. The van der Waals surface area contributed by atoms with E-state index in [0.717, 1.165) is 12.0 Å². The van der Waals surface area contributed by atoms with E-state index in [0.29, 0.717) is 32.0 Å². The monoisotopic (exact) mass is 304 g/mol. The van der Waals surface area contributed by atoms with Crippen molar-refractivity contribution in [2.24, 2.45) is 5.92 Å². The molecule has 0 bridgehead atoms. The quantitative estimate of drug-likeness (QED) is 0.803. The van der Waals surface area contributed by atoms with Gasteiger partial charge in [0, 0.05) is 33.0 Å². The molecular formula is C18H28N2O2. The lowest BCUT2D eigenvalue weighted by atomic mass is 10.1. The molecule has 0 atom stereocenters. The molecular weight excluding hydrogens is 276 g/mol. The molecule has 0 saturated heterocycles. The van der Waals surface area contributed by atoms with Gasteiger partial charge in [-0.1, -0.05) is 43.7 Å². The Kier molecular flexibility index (Phi) is 7.64. The fourth-order valence-electron chi connectivity index (χ4n) is 2.20. The number of nitrogens with one attached hydrogen (secondary N) is 1. The van der Waals surface area contributed by atoms with Gasteiger partial charge in [0.1, 0.15) is 0 Å². The van der Waals surface area contributed by atoms with Crippen LogP contribution in [0.3, 0.4) is 0 Å². The molecule has 4 heteroatoms. The SMILES string of the molecule is CC(=O)N(CCC(=O)NCCC(C)C)Cc1cccc(C)c1. The van der Waals surface area contributed by atoms with E-state index in [2.05, 4.69) is 25.2 Å². The summed E-state index contributed by atoms with van der Waals surface area (Å²) in [6.07, 6.45) is 1.33. The molecule has 1 N–H and O–H groups in total. The van der Waals surface area contributed by atoms with Gasteiger partial charge in [-0.25, -0.2) is 0 Å². The van der Waals surface area contributed by atoms with E-state index in [1.807, 2.05) is 25.1 Å². The molecule has 0 aliphatic carbocycles. The topological polar surface area (TPSA) is 49.4 Å². The number of nitrogens with zero attached hydrogens (tertiary/aromatic N) is 1. The first-order valence-corrected chi connectivity index (χ1v) is 7.96. The number of aryl methyl sites for hydroxylation is 1. The van der Waals surface area contributed by atoms with Gasteiger partial charge in [-0.2, -0.15) is 0 Å². The highest BCUT2D eigenvalue weighted by atomic mass is 16.2. The Hall–Kier alpha value is -1.84. The Morgan fingerprint density at radius 1 is 1.27 bits per heavy atom. The molecule has 22 heavy (non-hydrogen) atoms. The first-order valence-electron chi connectivity index (χ1n) is 7.96. The van der Waals surface area contributed by atoms with Crippen LogP contribution in [0.1, 0.15) is 44.7 Å². The summed E-state index contributed by atoms with van der Waals surface area (Å²) in [5.74, 6) is 0.586. The molecule has 0 aliphatic heterocycles. The minimum absolute atomic E-state index is 0.00325. The summed E-state index contributed by atoms with van der Waals surface area (Å²) in [5, 5.41) is 2.90. The predicted molar refractivity (Wildman–Crippen MR) is 89.4 cm³/mol. The van der Waals surface area contributed by atoms with Gasteiger partial charge < -0.3 is 10.2 Å². The molecule has 2 amide bonds. The highest BCUT2D eigenvalue weighted by Gasteiger charge is 2.12. The third kappa shape index (κ3) is 7.25. The highest BCUT2D eigenvalue weighted by molar-refractivity contribution is 5.78. The zero-order valence-electron chi connectivity index (χ0n) is 14.2. The van der Waals surface area contributed by atoms with E-state index in [1.165, 1.54) is 5.56 Å². The Morgan fingerprint density at radius 2 is 2.00 bits per heavy atom. The molecule has 0 saturated carbocycles. The lowest BCUT2D eigenvalue weighted by molar-refractivity contribution is -0.130. The van der Waals surface area contributed by atoms with Gasteiger partial charge in [0.05, 0.1) is 0 Å². The van der Waals surface area contributed by atoms with Crippen molar-refractivity contribution in [3.05, 3.63) is 35.4 Å². The van der Waals surface area contributed by atoms with Gasteiger partial charge in [0.15, 0.2) is 0 Å². The van der Waals surface area contributed by atoms with Crippen molar-refractivity contribution in [1.82, 2.24) is 10.2 Å². The second-order valence-electron chi connectivity index (χ2n) is 6.21. The summed E-state index contributed by atoms with van der Waals surface area (Å²) in [5.41, 5.74) is 2.27. The van der Waals surface area contributed by atoms with Crippen molar-refractivity contribution >= 4 is 11.8 Å². The molecule has 0 unspecified atom stereocenters. The summed E-state index contributed by atoms with van der Waals surface area (Å²) in [6, 6.07) is 8.09. The molecule has 0 radical (unpaired) electrons. The van der Waals surface area contributed by atoms with Crippen molar-refractivity contribution in [1.29, 1.82) is 0 Å². The van der Waals surface area contributed by atoms with Crippen molar-refractivity contribution in [3.8, 4) is 0 Å². The van der Waals surface area contributed by atoms with Crippen molar-refractivity contribution in [2.45, 2.75) is 47.1 Å². The molecule has 0 spiro atoms. The summed E-state index contributed by atoms with van der Waals surface area (Å²) < 4.78 is 0. The minimum atomic E-state index is -0.00325. The smallest absolute Gasteiger partial charge is 0.221 e. The van der Waals surface area contributed by atoms with Crippen LogP contribution in [0.25, 0.3) is 0 Å². The lowest BCUT2D eigenvalue weighted by Gasteiger charge is -2.21. The maximum absolute atomic E-state index is 11.8. The second-order valence-corrected chi connectivity index (χ2v) is 6.21. The van der Waals surface area contributed by atoms with E-state index in [9.17, 15) is 9.59 Å². The van der Waals surface area contributed by atoms with Crippen LogP contribution in [0.5, 0.6) is 0 Å². The zero-order chi connectivity index (χ0) is 16.5. The average molecular weight is 304 g/mol. The Labute approximate surface area is 133 Å². The van der Waals surface area contributed by atoms with Gasteiger partial charge in [-0.3, -0.25) is 9.59 Å². The van der Waals surface area contributed by atoms with Crippen LogP contribution in [0, 0.1) is 12.8 Å². The molecule has 0 fully saturated rings. The van der Waals surface area contributed by atoms with Crippen molar-refractivity contribution in [3.63, 3.8) is 0 Å². The average Bonchev–Trinajstić information content (AvgIpc) is 2.42. The fraction of sp³-hybridized carbons (Fsp3) is 0.556. The van der Waals surface area contributed by atoms with Gasteiger partial charge in [-0.05, 0) is 24.8 Å². The van der Waals surface area contributed by atoms with Crippen LogP contribution < -0.4 is 5.32 Å². The summed E-state index contributed by atoms with van der Waals surface area (Å²) in [6.45, 7) is 9.55. The number of rotatable bonds is 8. The van der Waals surface area contributed by atoms with E-state index in [-0.39, 0.29) is 11.8 Å². The van der Waals surface area contributed by atoms with Crippen molar-refractivity contribution < 1.29 is 9.59 Å². The Morgan fingerprint density at radius 3 is 2.59 bits per heavy atom. The number of benzene rings is 1. The number of amides is 2. The zero-order valence-corrected chi connectivity index (χ0v) is 14.2. The van der Waals surface area contributed by atoms with Gasteiger partial charge in [0.2, 0.25) is 11.8 Å². The number of hydrogen-bond donors (Lipinski definition) is 1. The summed E-state index contributed by atoms with van der Waals surface area (Å²) in [4.78, 5) is 25.3. The summed E-state index contributed by atoms with van der Waals surface area (Å²) >= 11 is 0. The third-order valence-corrected chi connectivity index (χ3v) is 3.55. The molecule has 1 aromatic rings. The van der Waals surface area contributed by atoms with E-state index < -0.39 is 0 Å². The Balaban J connectivity index is 2.44. The van der Waals surface area contributed by atoms with Crippen LogP contribution >= 0.6 is 0 Å². The Bertz CT molecular complexity index is 498. The normalized spacial score (nSPS) is 10.6. The van der Waals surface area contributed by atoms with E-state index in [4.69, 9.17) is 0 Å². The third-order valence-electron chi connectivity index (χ3n) is 3.55. The van der Waals surface area contributed by atoms with Crippen LogP contribution in [-0.4, -0.2) is 29.8 Å². The number of carbonyl (C=O) groups excluding carboxylic acids is 2. The molecule has 4 nitrogen and oxygen atoms in total. The molecule has 0 heterocycles. The second kappa shape index (κ2) is 9.23. The number of carbonyl (C=O) groups is 2. The van der Waals surface area contributed by atoms with E-state index >= 15 is 0 Å². The van der Waals surface area contributed by atoms with Crippen LogP contribution in [0.4, 0.5) is 0 Å². The van der Waals surface area contributed by atoms with Crippen LogP contribution in [0.2, 0.25) is 0 Å². The lowest BCUT2D eigenvalue weighted by Crippen LogP contribution is -2.34. The van der Waals surface area contributed by atoms with Crippen molar-refractivity contribution in [2.75, 3.05) is 13.1 Å². The molecule has 0 aliphatic rings. The van der Waals surface area contributed by atoms with Crippen LogP contribution in [0.15, 0.2) is 24.3 Å². The minimum Gasteiger partial charge on any atom is -0.356 e. The standard InChI is InChI=1S/C18H28N2O2/c1-14(2)8-10-19-18(22)9-11-20(16(4)21)13-17-7-5-6-15(3)12-17/h5-7,12,14H,8-11,13H2,1-4H3,(H,19,22). The molecule has 1 aromatic carbocycles. The fourth-order valence-corrected chi connectivity index (χ4v) is 2.20.